The molecule has 1 N–H and O–H groups in total. The standard InChI is InChI=1S/C16H13ClN2O3/c17-12-3-1-11(2-4-12)16-7-15(22-19-16)10-21-14-6-5-13(9-20)18-8-14/h1-8,20H,9-10H2. The van der Waals surface area contributed by atoms with Gasteiger partial charge in [0.15, 0.2) is 5.76 Å². The van der Waals surface area contributed by atoms with E-state index in [4.69, 9.17) is 26.0 Å². The van der Waals surface area contributed by atoms with Crippen molar-refractivity contribution < 1.29 is 14.4 Å². The maximum atomic E-state index is 8.93. The molecule has 0 aliphatic rings. The molecule has 0 bridgehead atoms. The van der Waals surface area contributed by atoms with Gasteiger partial charge in [0.05, 0.1) is 18.5 Å². The average Bonchev–Trinajstić information content (AvgIpc) is 3.03. The van der Waals surface area contributed by atoms with Crippen molar-refractivity contribution >= 4 is 11.6 Å². The van der Waals surface area contributed by atoms with E-state index in [9.17, 15) is 0 Å². The maximum absolute atomic E-state index is 8.93. The molecule has 0 spiro atoms. The van der Waals surface area contributed by atoms with Crippen LogP contribution in [0.4, 0.5) is 0 Å². The Bertz CT molecular complexity index is 739. The van der Waals surface area contributed by atoms with Gasteiger partial charge in [-0.25, -0.2) is 0 Å². The Morgan fingerprint density at radius 3 is 2.64 bits per heavy atom. The molecule has 2 heterocycles. The van der Waals surface area contributed by atoms with Crippen LogP contribution in [0.25, 0.3) is 11.3 Å². The Hall–Kier alpha value is -2.37. The van der Waals surface area contributed by atoms with E-state index in [2.05, 4.69) is 10.1 Å². The predicted molar refractivity (Wildman–Crippen MR) is 81.4 cm³/mol. The molecule has 2 aromatic heterocycles. The molecule has 3 rings (SSSR count). The number of hydrogen-bond donors (Lipinski definition) is 1. The normalized spacial score (nSPS) is 10.6. The van der Waals surface area contributed by atoms with Crippen molar-refractivity contribution in [3.05, 3.63) is 65.1 Å². The van der Waals surface area contributed by atoms with Gasteiger partial charge in [0.25, 0.3) is 0 Å². The van der Waals surface area contributed by atoms with Gasteiger partial charge in [-0.2, -0.15) is 0 Å². The van der Waals surface area contributed by atoms with Crippen molar-refractivity contribution in [2.75, 3.05) is 0 Å². The topological polar surface area (TPSA) is 68.4 Å². The van der Waals surface area contributed by atoms with E-state index in [0.717, 1.165) is 11.3 Å². The molecule has 0 unspecified atom stereocenters. The Morgan fingerprint density at radius 2 is 1.95 bits per heavy atom. The second-order valence-electron chi connectivity index (χ2n) is 4.62. The van der Waals surface area contributed by atoms with E-state index in [1.807, 2.05) is 18.2 Å². The second-order valence-corrected chi connectivity index (χ2v) is 5.05. The van der Waals surface area contributed by atoms with Crippen molar-refractivity contribution in [3.63, 3.8) is 0 Å². The van der Waals surface area contributed by atoms with Gasteiger partial charge in [-0.3, -0.25) is 4.98 Å². The summed E-state index contributed by atoms with van der Waals surface area (Å²) >= 11 is 5.86. The first-order chi connectivity index (χ1) is 10.7. The first-order valence-corrected chi connectivity index (χ1v) is 7.02. The Balaban J connectivity index is 1.65. The van der Waals surface area contributed by atoms with E-state index in [0.29, 0.717) is 22.2 Å². The van der Waals surface area contributed by atoms with Crippen LogP contribution in [0.5, 0.6) is 5.75 Å². The highest BCUT2D eigenvalue weighted by molar-refractivity contribution is 6.30. The molecule has 0 atom stereocenters. The number of pyridine rings is 1. The lowest BCUT2D eigenvalue weighted by molar-refractivity contribution is 0.247. The van der Waals surface area contributed by atoms with Crippen molar-refractivity contribution in [3.8, 4) is 17.0 Å². The van der Waals surface area contributed by atoms with Crippen molar-refractivity contribution in [1.82, 2.24) is 10.1 Å². The molecule has 3 aromatic rings. The summed E-state index contributed by atoms with van der Waals surface area (Å²) in [6.07, 6.45) is 1.56. The molecule has 6 heteroatoms. The zero-order valence-electron chi connectivity index (χ0n) is 11.6. The Morgan fingerprint density at radius 1 is 1.14 bits per heavy atom. The average molecular weight is 317 g/mol. The van der Waals surface area contributed by atoms with Gasteiger partial charge in [-0.1, -0.05) is 28.9 Å². The zero-order chi connectivity index (χ0) is 15.4. The Labute approximate surface area is 132 Å². The van der Waals surface area contributed by atoms with Crippen LogP contribution in [0, 0.1) is 0 Å². The summed E-state index contributed by atoms with van der Waals surface area (Å²) in [5.41, 5.74) is 2.24. The van der Waals surface area contributed by atoms with Gasteiger partial charge in [-0.15, -0.1) is 0 Å². The van der Waals surface area contributed by atoms with E-state index < -0.39 is 0 Å². The second kappa shape index (κ2) is 6.60. The minimum atomic E-state index is -0.0904. The molecule has 0 saturated carbocycles. The van der Waals surface area contributed by atoms with Crippen molar-refractivity contribution in [2.24, 2.45) is 0 Å². The number of benzene rings is 1. The van der Waals surface area contributed by atoms with Crippen molar-refractivity contribution in [1.29, 1.82) is 0 Å². The number of aromatic nitrogens is 2. The quantitative estimate of drug-likeness (QED) is 0.780. The first-order valence-electron chi connectivity index (χ1n) is 6.65. The summed E-state index contributed by atoms with van der Waals surface area (Å²) in [6, 6.07) is 12.6. The third-order valence-corrected chi connectivity index (χ3v) is 3.29. The Kier molecular flexibility index (Phi) is 4.37. The molecule has 22 heavy (non-hydrogen) atoms. The first kappa shape index (κ1) is 14.6. The van der Waals surface area contributed by atoms with Gasteiger partial charge < -0.3 is 14.4 Å². The maximum Gasteiger partial charge on any atom is 0.174 e. The summed E-state index contributed by atoms with van der Waals surface area (Å²) in [5, 5.41) is 13.6. The molecule has 0 fully saturated rings. The number of aliphatic hydroxyl groups is 1. The fourth-order valence-corrected chi connectivity index (χ4v) is 2.01. The van der Waals surface area contributed by atoms with Crippen LogP contribution < -0.4 is 4.74 Å². The molecular formula is C16H13ClN2O3. The molecule has 0 saturated heterocycles. The summed E-state index contributed by atoms with van der Waals surface area (Å²) < 4.78 is 10.8. The number of rotatable bonds is 5. The molecule has 0 aliphatic heterocycles. The van der Waals surface area contributed by atoms with Crippen LogP contribution in [0.1, 0.15) is 11.5 Å². The largest absolute Gasteiger partial charge is 0.484 e. The highest BCUT2D eigenvalue weighted by Gasteiger charge is 2.07. The van der Waals surface area contributed by atoms with Gasteiger partial charge in [0.1, 0.15) is 18.1 Å². The fraction of sp³-hybridized carbons (Fsp3) is 0.125. The zero-order valence-corrected chi connectivity index (χ0v) is 12.3. The molecular weight excluding hydrogens is 304 g/mol. The van der Waals surface area contributed by atoms with Crippen LogP contribution in [0.15, 0.2) is 53.2 Å². The van der Waals surface area contributed by atoms with E-state index >= 15 is 0 Å². The van der Waals surface area contributed by atoms with Gasteiger partial charge in [-0.05, 0) is 24.3 Å². The molecule has 5 nitrogen and oxygen atoms in total. The summed E-state index contributed by atoms with van der Waals surface area (Å²) in [5.74, 6) is 1.21. The molecule has 112 valence electrons. The van der Waals surface area contributed by atoms with E-state index in [1.165, 1.54) is 0 Å². The van der Waals surface area contributed by atoms with Gasteiger partial charge in [0.2, 0.25) is 0 Å². The van der Waals surface area contributed by atoms with E-state index in [1.54, 1.807) is 30.5 Å². The predicted octanol–water partition coefficient (Wildman–Crippen LogP) is 3.46. The summed E-state index contributed by atoms with van der Waals surface area (Å²) in [6.45, 7) is 0.160. The third kappa shape index (κ3) is 3.44. The SMILES string of the molecule is OCc1ccc(OCc2cc(-c3ccc(Cl)cc3)no2)cn1. The number of nitrogens with zero attached hydrogens (tertiary/aromatic N) is 2. The summed E-state index contributed by atoms with van der Waals surface area (Å²) in [4.78, 5) is 4.04. The molecule has 1 aromatic carbocycles. The van der Waals surface area contributed by atoms with Crippen LogP contribution >= 0.6 is 11.6 Å². The highest BCUT2D eigenvalue weighted by Crippen LogP contribution is 2.22. The minimum absolute atomic E-state index is 0.0904. The molecule has 0 amide bonds. The highest BCUT2D eigenvalue weighted by atomic mass is 35.5. The van der Waals surface area contributed by atoms with Crippen LogP contribution in [0.2, 0.25) is 5.02 Å². The van der Waals surface area contributed by atoms with Crippen LogP contribution in [0.3, 0.4) is 0 Å². The lowest BCUT2D eigenvalue weighted by Gasteiger charge is -2.03. The molecule has 0 radical (unpaired) electrons. The monoisotopic (exact) mass is 316 g/mol. The fourth-order valence-electron chi connectivity index (χ4n) is 1.88. The number of aliphatic hydroxyl groups excluding tert-OH is 1. The minimum Gasteiger partial charge on any atom is -0.484 e. The number of hydrogen-bond acceptors (Lipinski definition) is 5. The summed E-state index contributed by atoms with van der Waals surface area (Å²) in [7, 11) is 0. The van der Waals surface area contributed by atoms with Gasteiger partial charge >= 0.3 is 0 Å². The number of halogens is 1. The van der Waals surface area contributed by atoms with E-state index in [-0.39, 0.29) is 13.2 Å². The molecule has 0 aliphatic carbocycles. The van der Waals surface area contributed by atoms with Gasteiger partial charge in [0, 0.05) is 16.7 Å². The van der Waals surface area contributed by atoms with Crippen LogP contribution in [-0.4, -0.2) is 15.2 Å². The third-order valence-electron chi connectivity index (χ3n) is 3.04. The van der Waals surface area contributed by atoms with Crippen molar-refractivity contribution in [2.45, 2.75) is 13.2 Å². The number of ether oxygens (including phenoxy) is 1. The lowest BCUT2D eigenvalue weighted by Crippen LogP contribution is -1.95. The smallest absolute Gasteiger partial charge is 0.174 e. The lowest BCUT2D eigenvalue weighted by atomic mass is 10.1. The van der Waals surface area contributed by atoms with Crippen LogP contribution in [-0.2, 0) is 13.2 Å².